The second-order valence-electron chi connectivity index (χ2n) is 8.58. The number of hydrogen-bond donors (Lipinski definition) is 0. The molecule has 0 N–H and O–H groups in total. The largest absolute Gasteiger partial charge is 0.493 e. The van der Waals surface area contributed by atoms with Crippen molar-refractivity contribution in [3.63, 3.8) is 0 Å². The number of nitrogens with zero attached hydrogens (tertiary/aromatic N) is 4. The van der Waals surface area contributed by atoms with Crippen molar-refractivity contribution in [2.24, 2.45) is 0 Å². The Morgan fingerprint density at radius 3 is 2.71 bits per heavy atom. The van der Waals surface area contributed by atoms with Crippen LogP contribution in [0.4, 0.5) is 0 Å². The van der Waals surface area contributed by atoms with E-state index in [0.717, 1.165) is 16.8 Å². The Morgan fingerprint density at radius 1 is 1.11 bits per heavy atom. The fraction of sp³-hybridized carbons (Fsp3) is 0.296. The van der Waals surface area contributed by atoms with Gasteiger partial charge in [-0.3, -0.25) is 9.25 Å². The molecular weight excluding hydrogens is 531 g/mol. The molecule has 0 saturated carbocycles. The first-order valence-corrected chi connectivity index (χ1v) is 12.8. The zero-order chi connectivity index (χ0) is 26.8. The predicted octanol–water partition coefficient (Wildman–Crippen LogP) is 5.82. The minimum Gasteiger partial charge on any atom is -0.493 e. The van der Waals surface area contributed by atoms with Crippen LogP contribution in [0.1, 0.15) is 52.9 Å². The Labute approximate surface area is 229 Å². The first-order chi connectivity index (χ1) is 18.4. The average Bonchev–Trinajstić information content (AvgIpc) is 3.53. The highest BCUT2D eigenvalue weighted by Gasteiger charge is 2.34. The van der Waals surface area contributed by atoms with Gasteiger partial charge in [-0.25, -0.2) is 9.78 Å². The summed E-state index contributed by atoms with van der Waals surface area (Å²) in [5.74, 6) is 1.38. The van der Waals surface area contributed by atoms with Crippen LogP contribution in [0.15, 0.2) is 55.0 Å². The number of carbonyl (C=O) groups is 1. The highest BCUT2D eigenvalue weighted by Crippen LogP contribution is 2.46. The van der Waals surface area contributed by atoms with Crippen LogP contribution >= 0.6 is 23.2 Å². The third kappa shape index (κ3) is 4.97. The number of fused-ring (bicyclic) bond motifs is 3. The summed E-state index contributed by atoms with van der Waals surface area (Å²) in [6.07, 6.45) is 4.34. The van der Waals surface area contributed by atoms with Gasteiger partial charge in [-0.15, -0.1) is 0 Å². The number of halogens is 2. The SMILES string of the molecule is CCOC(=O)c1cnn(CC[C@H]2O[C@H](c3cccc(OC)c3OC)c3cc(Cl)ccc3-n3cc(Cl)nc32)c1. The molecule has 11 heteroatoms. The smallest absolute Gasteiger partial charge is 0.341 e. The van der Waals surface area contributed by atoms with Gasteiger partial charge in [0.05, 0.1) is 38.3 Å². The number of aryl methyl sites for hydroxylation is 1. The molecule has 0 bridgehead atoms. The number of ether oxygens (including phenoxy) is 4. The van der Waals surface area contributed by atoms with Gasteiger partial charge in [0.25, 0.3) is 0 Å². The first-order valence-electron chi connectivity index (χ1n) is 12.0. The van der Waals surface area contributed by atoms with Gasteiger partial charge in [0.1, 0.15) is 23.2 Å². The standard InChI is InChI=1S/C27H26Cl2N4O5/c1-4-37-27(34)16-13-30-32(14-16)11-10-22-26-31-23(29)15-33(26)20-9-8-17(28)12-19(20)24(38-22)18-6-5-7-21(35-2)25(18)36-3/h5-9,12-15,22,24H,4,10-11H2,1-3H3/t22-,24-/m1/s1. The molecule has 0 spiro atoms. The van der Waals surface area contributed by atoms with Crippen LogP contribution in [-0.4, -0.2) is 46.1 Å². The van der Waals surface area contributed by atoms with E-state index >= 15 is 0 Å². The van der Waals surface area contributed by atoms with E-state index in [-0.39, 0.29) is 0 Å². The first kappa shape index (κ1) is 26.1. The molecule has 2 aromatic heterocycles. The van der Waals surface area contributed by atoms with Crippen molar-refractivity contribution >= 4 is 29.2 Å². The van der Waals surface area contributed by atoms with E-state index < -0.39 is 18.2 Å². The van der Waals surface area contributed by atoms with Gasteiger partial charge < -0.3 is 18.9 Å². The maximum absolute atomic E-state index is 12.1. The summed E-state index contributed by atoms with van der Waals surface area (Å²) >= 11 is 12.8. The van der Waals surface area contributed by atoms with Crippen LogP contribution in [0.25, 0.3) is 5.69 Å². The topological polar surface area (TPSA) is 89.6 Å². The molecule has 2 aromatic carbocycles. The zero-order valence-electron chi connectivity index (χ0n) is 21.1. The number of rotatable bonds is 8. The van der Waals surface area contributed by atoms with Crippen LogP contribution in [0.5, 0.6) is 11.5 Å². The molecule has 0 amide bonds. The molecule has 0 unspecified atom stereocenters. The minimum absolute atomic E-state index is 0.295. The summed E-state index contributed by atoms with van der Waals surface area (Å²) < 4.78 is 26.8. The Kier molecular flexibility index (Phi) is 7.60. The molecule has 0 saturated heterocycles. The molecule has 0 radical (unpaired) electrons. The lowest BCUT2D eigenvalue weighted by molar-refractivity contribution is -0.00408. The maximum Gasteiger partial charge on any atom is 0.341 e. The molecule has 3 heterocycles. The minimum atomic E-state index is -0.563. The van der Waals surface area contributed by atoms with Gasteiger partial charge in [0.2, 0.25) is 0 Å². The summed E-state index contributed by atoms with van der Waals surface area (Å²) in [7, 11) is 3.19. The Hall–Kier alpha value is -3.53. The number of hydrogen-bond acceptors (Lipinski definition) is 7. The molecule has 0 fully saturated rings. The van der Waals surface area contributed by atoms with Crippen LogP contribution in [-0.2, 0) is 16.0 Å². The summed E-state index contributed by atoms with van der Waals surface area (Å²) in [6.45, 7) is 2.51. The molecule has 198 valence electrons. The van der Waals surface area contributed by atoms with Crippen LogP contribution in [0.3, 0.4) is 0 Å². The maximum atomic E-state index is 12.1. The monoisotopic (exact) mass is 556 g/mol. The highest BCUT2D eigenvalue weighted by molar-refractivity contribution is 6.30. The van der Waals surface area contributed by atoms with Gasteiger partial charge >= 0.3 is 5.97 Å². The quantitative estimate of drug-likeness (QED) is 0.252. The van der Waals surface area contributed by atoms with Gasteiger partial charge in [-0.1, -0.05) is 35.3 Å². The van der Waals surface area contributed by atoms with Crippen molar-refractivity contribution in [3.8, 4) is 17.2 Å². The number of carbonyl (C=O) groups excluding carboxylic acids is 1. The van der Waals surface area contributed by atoms with Gasteiger partial charge in [0.15, 0.2) is 11.5 Å². The summed E-state index contributed by atoms with van der Waals surface area (Å²) in [6, 6.07) is 11.3. The molecule has 4 aromatic rings. The third-order valence-electron chi connectivity index (χ3n) is 6.30. The molecule has 1 aliphatic heterocycles. The second-order valence-corrected chi connectivity index (χ2v) is 9.41. The number of aromatic nitrogens is 4. The van der Waals surface area contributed by atoms with Crippen molar-refractivity contribution in [1.29, 1.82) is 0 Å². The highest BCUT2D eigenvalue weighted by atomic mass is 35.5. The summed E-state index contributed by atoms with van der Waals surface area (Å²) in [5, 5.41) is 5.23. The third-order valence-corrected chi connectivity index (χ3v) is 6.72. The van der Waals surface area contributed by atoms with E-state index in [4.69, 9.17) is 42.1 Å². The fourth-order valence-electron chi connectivity index (χ4n) is 4.65. The number of para-hydroxylation sites is 1. The van der Waals surface area contributed by atoms with E-state index in [9.17, 15) is 4.79 Å². The summed E-state index contributed by atoms with van der Waals surface area (Å²) in [4.78, 5) is 16.7. The van der Waals surface area contributed by atoms with E-state index in [0.29, 0.717) is 52.6 Å². The van der Waals surface area contributed by atoms with Crippen molar-refractivity contribution in [1.82, 2.24) is 19.3 Å². The molecule has 9 nitrogen and oxygen atoms in total. The fourth-order valence-corrected chi connectivity index (χ4v) is 5.01. The number of imidazole rings is 1. The lowest BCUT2D eigenvalue weighted by Crippen LogP contribution is -2.15. The zero-order valence-corrected chi connectivity index (χ0v) is 22.6. The van der Waals surface area contributed by atoms with Crippen LogP contribution in [0, 0.1) is 0 Å². The number of esters is 1. The van der Waals surface area contributed by atoms with E-state index in [1.807, 2.05) is 41.0 Å². The lowest BCUT2D eigenvalue weighted by atomic mass is 9.98. The van der Waals surface area contributed by atoms with Crippen LogP contribution in [0.2, 0.25) is 10.2 Å². The van der Waals surface area contributed by atoms with Gasteiger partial charge in [0, 0.05) is 41.5 Å². The lowest BCUT2D eigenvalue weighted by Gasteiger charge is -2.25. The van der Waals surface area contributed by atoms with E-state index in [2.05, 4.69) is 10.1 Å². The number of methoxy groups -OCH3 is 2. The average molecular weight is 557 g/mol. The second kappa shape index (κ2) is 11.1. The normalized spacial score (nSPS) is 16.3. The van der Waals surface area contributed by atoms with E-state index in [1.165, 1.54) is 6.20 Å². The molecule has 1 aliphatic rings. The van der Waals surface area contributed by atoms with Crippen LogP contribution < -0.4 is 9.47 Å². The summed E-state index contributed by atoms with van der Waals surface area (Å²) in [5.41, 5.74) is 2.83. The Morgan fingerprint density at radius 2 is 1.95 bits per heavy atom. The molecule has 5 rings (SSSR count). The van der Waals surface area contributed by atoms with Gasteiger partial charge in [-0.2, -0.15) is 5.10 Å². The molecule has 38 heavy (non-hydrogen) atoms. The predicted molar refractivity (Wildman–Crippen MR) is 142 cm³/mol. The van der Waals surface area contributed by atoms with Gasteiger partial charge in [-0.05, 0) is 31.2 Å². The Balaban J connectivity index is 1.56. The number of benzene rings is 2. The Bertz CT molecular complexity index is 1470. The van der Waals surface area contributed by atoms with Crippen molar-refractivity contribution < 1.29 is 23.7 Å². The van der Waals surface area contributed by atoms with Crippen molar-refractivity contribution in [2.45, 2.75) is 32.1 Å². The van der Waals surface area contributed by atoms with E-state index in [1.54, 1.807) is 38.2 Å². The molecule has 0 aliphatic carbocycles. The van der Waals surface area contributed by atoms with Crippen molar-refractivity contribution in [2.75, 3.05) is 20.8 Å². The molecular formula is C27H26Cl2N4O5. The van der Waals surface area contributed by atoms with Crippen molar-refractivity contribution in [3.05, 3.63) is 87.7 Å². The molecule has 2 atom stereocenters.